The van der Waals surface area contributed by atoms with Crippen molar-refractivity contribution in [1.29, 1.82) is 0 Å². The van der Waals surface area contributed by atoms with E-state index >= 15 is 0 Å². The minimum Gasteiger partial charge on any atom is -0.494 e. The van der Waals surface area contributed by atoms with E-state index in [1.165, 1.54) is 0 Å². The standard InChI is InChI=1S/C25H27NO3/c1-3-29-24-15-14-22(16-23(24)19-28-2)25(27)26(17-20-10-6-4-7-11-20)18-21-12-8-5-9-13-21/h4-16H,3,17-19H2,1-2H3. The third kappa shape index (κ3) is 5.69. The Kier molecular flexibility index (Phi) is 7.42. The molecule has 0 unspecified atom stereocenters. The molecule has 0 saturated heterocycles. The zero-order valence-corrected chi connectivity index (χ0v) is 17.0. The summed E-state index contributed by atoms with van der Waals surface area (Å²) in [5, 5.41) is 0. The molecule has 0 saturated carbocycles. The number of carbonyl (C=O) groups is 1. The van der Waals surface area contributed by atoms with Crippen LogP contribution in [0, 0.1) is 0 Å². The van der Waals surface area contributed by atoms with E-state index in [-0.39, 0.29) is 5.91 Å². The minimum absolute atomic E-state index is 0.0156. The maximum atomic E-state index is 13.4. The summed E-state index contributed by atoms with van der Waals surface area (Å²) in [6, 6.07) is 25.7. The Morgan fingerprint density at radius 1 is 0.862 bits per heavy atom. The molecule has 0 spiro atoms. The van der Waals surface area contributed by atoms with Crippen molar-refractivity contribution in [2.45, 2.75) is 26.6 Å². The van der Waals surface area contributed by atoms with Gasteiger partial charge in [-0.05, 0) is 36.2 Å². The number of hydrogen-bond donors (Lipinski definition) is 0. The predicted molar refractivity (Wildman–Crippen MR) is 115 cm³/mol. The van der Waals surface area contributed by atoms with Crippen molar-refractivity contribution < 1.29 is 14.3 Å². The Bertz CT molecular complexity index is 868. The van der Waals surface area contributed by atoms with Crippen LogP contribution in [0.4, 0.5) is 0 Å². The van der Waals surface area contributed by atoms with Crippen molar-refractivity contribution in [3.05, 3.63) is 101 Å². The smallest absolute Gasteiger partial charge is 0.254 e. The van der Waals surface area contributed by atoms with Gasteiger partial charge in [-0.2, -0.15) is 0 Å². The lowest BCUT2D eigenvalue weighted by Gasteiger charge is -2.24. The second-order valence-electron chi connectivity index (χ2n) is 6.82. The molecule has 3 aromatic rings. The number of nitrogens with zero attached hydrogens (tertiary/aromatic N) is 1. The SMILES string of the molecule is CCOc1ccc(C(=O)N(Cc2ccccc2)Cc2ccccc2)cc1COC. The topological polar surface area (TPSA) is 38.8 Å². The average Bonchev–Trinajstić information content (AvgIpc) is 2.76. The molecule has 3 rings (SSSR count). The normalized spacial score (nSPS) is 10.6. The van der Waals surface area contributed by atoms with E-state index in [2.05, 4.69) is 0 Å². The van der Waals surface area contributed by atoms with Crippen LogP contribution in [0.3, 0.4) is 0 Å². The summed E-state index contributed by atoms with van der Waals surface area (Å²) in [5.74, 6) is 0.738. The predicted octanol–water partition coefficient (Wildman–Crippen LogP) is 5.07. The van der Waals surface area contributed by atoms with Gasteiger partial charge in [-0.3, -0.25) is 4.79 Å². The molecular formula is C25H27NO3. The molecule has 0 fully saturated rings. The first-order chi connectivity index (χ1) is 14.2. The zero-order valence-electron chi connectivity index (χ0n) is 17.0. The van der Waals surface area contributed by atoms with Crippen molar-refractivity contribution in [1.82, 2.24) is 4.90 Å². The molecule has 0 N–H and O–H groups in total. The van der Waals surface area contributed by atoms with Gasteiger partial charge in [0.1, 0.15) is 5.75 Å². The molecule has 29 heavy (non-hydrogen) atoms. The van der Waals surface area contributed by atoms with Crippen molar-refractivity contribution in [2.24, 2.45) is 0 Å². The van der Waals surface area contributed by atoms with Crippen molar-refractivity contribution in [3.8, 4) is 5.75 Å². The van der Waals surface area contributed by atoms with Gasteiger partial charge in [-0.1, -0.05) is 60.7 Å². The lowest BCUT2D eigenvalue weighted by Crippen LogP contribution is -2.30. The molecule has 4 heteroatoms. The minimum atomic E-state index is -0.0156. The van der Waals surface area contributed by atoms with Crippen LogP contribution in [0.2, 0.25) is 0 Å². The van der Waals surface area contributed by atoms with Gasteiger partial charge in [0.05, 0.1) is 13.2 Å². The van der Waals surface area contributed by atoms with E-state index in [1.807, 2.05) is 90.7 Å². The van der Waals surface area contributed by atoms with Gasteiger partial charge in [0.15, 0.2) is 0 Å². The fourth-order valence-electron chi connectivity index (χ4n) is 3.27. The van der Waals surface area contributed by atoms with E-state index < -0.39 is 0 Å². The number of methoxy groups -OCH3 is 1. The van der Waals surface area contributed by atoms with Gasteiger partial charge in [-0.15, -0.1) is 0 Å². The quantitative estimate of drug-likeness (QED) is 0.513. The van der Waals surface area contributed by atoms with Gasteiger partial charge in [-0.25, -0.2) is 0 Å². The monoisotopic (exact) mass is 389 g/mol. The zero-order chi connectivity index (χ0) is 20.5. The Morgan fingerprint density at radius 3 is 1.97 bits per heavy atom. The molecule has 0 heterocycles. The summed E-state index contributed by atoms with van der Waals surface area (Å²) in [7, 11) is 1.64. The van der Waals surface area contributed by atoms with Crippen LogP contribution in [-0.4, -0.2) is 24.5 Å². The van der Waals surface area contributed by atoms with E-state index in [0.29, 0.717) is 31.9 Å². The number of hydrogen-bond acceptors (Lipinski definition) is 3. The highest BCUT2D eigenvalue weighted by atomic mass is 16.5. The van der Waals surface area contributed by atoms with Crippen LogP contribution in [0.5, 0.6) is 5.75 Å². The van der Waals surface area contributed by atoms with Gasteiger partial charge in [0.25, 0.3) is 5.91 Å². The second-order valence-corrected chi connectivity index (χ2v) is 6.82. The fourth-order valence-corrected chi connectivity index (χ4v) is 3.27. The number of carbonyl (C=O) groups excluding carboxylic acids is 1. The summed E-state index contributed by atoms with van der Waals surface area (Å²) in [6.07, 6.45) is 0. The molecule has 0 bridgehead atoms. The van der Waals surface area contributed by atoms with Crippen LogP contribution in [0.1, 0.15) is 34.0 Å². The molecule has 0 aliphatic rings. The summed E-state index contributed by atoms with van der Waals surface area (Å²) < 4.78 is 11.0. The van der Waals surface area contributed by atoms with Gasteiger partial charge in [0, 0.05) is 31.3 Å². The van der Waals surface area contributed by atoms with Crippen LogP contribution < -0.4 is 4.74 Å². The summed E-state index contributed by atoms with van der Waals surface area (Å²) in [4.78, 5) is 15.3. The van der Waals surface area contributed by atoms with Crippen molar-refractivity contribution in [3.63, 3.8) is 0 Å². The number of rotatable bonds is 9. The molecule has 0 aliphatic heterocycles. The van der Waals surface area contributed by atoms with E-state index in [1.54, 1.807) is 7.11 Å². The maximum absolute atomic E-state index is 13.4. The number of amides is 1. The van der Waals surface area contributed by atoms with Gasteiger partial charge in [0.2, 0.25) is 0 Å². The molecule has 4 nitrogen and oxygen atoms in total. The molecule has 0 radical (unpaired) electrons. The lowest BCUT2D eigenvalue weighted by atomic mass is 10.1. The Balaban J connectivity index is 1.89. The molecule has 150 valence electrons. The lowest BCUT2D eigenvalue weighted by molar-refractivity contribution is 0.0729. The molecule has 0 aromatic heterocycles. The van der Waals surface area contributed by atoms with Crippen LogP contribution in [0.15, 0.2) is 78.9 Å². The Labute approximate surface area is 172 Å². The molecular weight excluding hydrogens is 362 g/mol. The number of benzene rings is 3. The Hall–Kier alpha value is -3.11. The molecule has 3 aromatic carbocycles. The number of ether oxygens (including phenoxy) is 2. The second kappa shape index (κ2) is 10.4. The van der Waals surface area contributed by atoms with Gasteiger partial charge < -0.3 is 14.4 Å². The highest BCUT2D eigenvalue weighted by molar-refractivity contribution is 5.94. The van der Waals surface area contributed by atoms with E-state index in [0.717, 1.165) is 22.4 Å². The highest BCUT2D eigenvalue weighted by Gasteiger charge is 2.18. The van der Waals surface area contributed by atoms with Crippen LogP contribution in [-0.2, 0) is 24.4 Å². The summed E-state index contributed by atoms with van der Waals surface area (Å²) in [6.45, 7) is 3.99. The van der Waals surface area contributed by atoms with Crippen LogP contribution in [0.25, 0.3) is 0 Å². The average molecular weight is 389 g/mol. The van der Waals surface area contributed by atoms with E-state index in [4.69, 9.17) is 9.47 Å². The molecule has 0 aliphatic carbocycles. The van der Waals surface area contributed by atoms with Crippen molar-refractivity contribution in [2.75, 3.05) is 13.7 Å². The highest BCUT2D eigenvalue weighted by Crippen LogP contribution is 2.23. The third-order valence-corrected chi connectivity index (χ3v) is 4.63. The first-order valence-electron chi connectivity index (χ1n) is 9.83. The molecule has 1 amide bonds. The fraction of sp³-hybridized carbons (Fsp3) is 0.240. The Morgan fingerprint density at radius 2 is 1.45 bits per heavy atom. The molecule has 0 atom stereocenters. The summed E-state index contributed by atoms with van der Waals surface area (Å²) in [5.41, 5.74) is 3.70. The van der Waals surface area contributed by atoms with Crippen molar-refractivity contribution >= 4 is 5.91 Å². The largest absolute Gasteiger partial charge is 0.494 e. The third-order valence-electron chi connectivity index (χ3n) is 4.63. The van der Waals surface area contributed by atoms with E-state index in [9.17, 15) is 4.79 Å². The van der Waals surface area contributed by atoms with Crippen LogP contribution >= 0.6 is 0 Å². The first kappa shape index (κ1) is 20.6. The maximum Gasteiger partial charge on any atom is 0.254 e. The first-order valence-corrected chi connectivity index (χ1v) is 9.83. The van der Waals surface area contributed by atoms with Gasteiger partial charge >= 0.3 is 0 Å². The summed E-state index contributed by atoms with van der Waals surface area (Å²) >= 11 is 0.